The maximum Gasteiger partial charge on any atom is 0.435 e. The van der Waals surface area contributed by atoms with Gasteiger partial charge in [0.1, 0.15) is 5.15 Å². The molecule has 0 spiro atoms. The van der Waals surface area contributed by atoms with Crippen LogP contribution in [0.5, 0.6) is 0 Å². The largest absolute Gasteiger partial charge is 0.435 e. The minimum atomic E-state index is -4.61. The highest BCUT2D eigenvalue weighted by Crippen LogP contribution is 2.40. The Hall–Kier alpha value is -1.70. The van der Waals surface area contributed by atoms with Crippen LogP contribution in [0.3, 0.4) is 0 Å². The normalized spacial score (nSPS) is 12.1. The maximum atomic E-state index is 12.8. The lowest BCUT2D eigenvalue weighted by Crippen LogP contribution is -2.08. The van der Waals surface area contributed by atoms with Crippen LogP contribution in [0.1, 0.15) is 5.69 Å². The summed E-state index contributed by atoms with van der Waals surface area (Å²) in [6.07, 6.45) is -3.41. The van der Waals surface area contributed by atoms with E-state index in [0.717, 1.165) is 4.68 Å². The van der Waals surface area contributed by atoms with Gasteiger partial charge in [-0.2, -0.15) is 23.4 Å². The molecule has 5 nitrogen and oxygen atoms in total. The van der Waals surface area contributed by atoms with Crippen molar-refractivity contribution in [2.24, 2.45) is 7.05 Å². The molecule has 0 fully saturated rings. The predicted octanol–water partition coefficient (Wildman–Crippen LogP) is 2.06. The van der Waals surface area contributed by atoms with Crippen LogP contribution >= 0.6 is 11.6 Å². The molecule has 2 rings (SSSR count). The van der Waals surface area contributed by atoms with Crippen LogP contribution in [0.2, 0.25) is 5.15 Å². The maximum absolute atomic E-state index is 12.8. The molecule has 0 bridgehead atoms. The van der Waals surface area contributed by atoms with Gasteiger partial charge in [0.25, 0.3) is 0 Å². The molecule has 0 aliphatic carbocycles. The molecule has 2 aromatic heterocycles. The van der Waals surface area contributed by atoms with Crippen LogP contribution in [-0.4, -0.2) is 20.0 Å². The smallest absolute Gasteiger partial charge is 0.396 e. The van der Waals surface area contributed by atoms with E-state index in [2.05, 4.69) is 15.3 Å². The number of nitrogen functional groups attached to an aromatic ring is 1. The van der Waals surface area contributed by atoms with Gasteiger partial charge in [-0.3, -0.25) is 9.78 Å². The minimum absolute atomic E-state index is 0.00965. The van der Waals surface area contributed by atoms with Crippen LogP contribution in [0.15, 0.2) is 6.20 Å². The van der Waals surface area contributed by atoms with E-state index in [4.69, 9.17) is 17.3 Å². The Morgan fingerprint density at radius 1 is 1.47 bits per heavy atom. The molecule has 2 heterocycles. The zero-order valence-electron chi connectivity index (χ0n) is 8.51. The molecule has 9 heteroatoms. The molecule has 0 aliphatic heterocycles. The summed E-state index contributed by atoms with van der Waals surface area (Å²) in [5.74, 6) is 0. The van der Waals surface area contributed by atoms with E-state index in [-0.39, 0.29) is 22.1 Å². The van der Waals surface area contributed by atoms with Crippen molar-refractivity contribution in [3.63, 3.8) is 0 Å². The average molecular weight is 266 g/mol. The Balaban J connectivity index is 2.73. The van der Waals surface area contributed by atoms with Crippen molar-refractivity contribution in [1.29, 1.82) is 0 Å². The van der Waals surface area contributed by atoms with Crippen molar-refractivity contribution in [2.75, 3.05) is 5.73 Å². The van der Waals surface area contributed by atoms with Crippen LogP contribution in [0, 0.1) is 0 Å². The van der Waals surface area contributed by atoms with Gasteiger partial charge < -0.3 is 5.73 Å². The summed E-state index contributed by atoms with van der Waals surface area (Å²) in [5, 5.41) is 9.11. The molecule has 0 aromatic carbocycles. The molecule has 3 N–H and O–H groups in total. The van der Waals surface area contributed by atoms with Gasteiger partial charge >= 0.3 is 6.18 Å². The van der Waals surface area contributed by atoms with Crippen molar-refractivity contribution in [3.8, 4) is 11.3 Å². The number of hydrogen-bond donors (Lipinski definition) is 2. The Labute approximate surface area is 98.4 Å². The summed E-state index contributed by atoms with van der Waals surface area (Å²) in [7, 11) is 1.31. The van der Waals surface area contributed by atoms with Crippen molar-refractivity contribution >= 4 is 17.3 Å². The Morgan fingerprint density at radius 3 is 2.59 bits per heavy atom. The fourth-order valence-electron chi connectivity index (χ4n) is 1.42. The van der Waals surface area contributed by atoms with E-state index in [1.165, 1.54) is 13.2 Å². The highest BCUT2D eigenvalue weighted by atomic mass is 35.5. The number of rotatable bonds is 1. The number of halogens is 4. The van der Waals surface area contributed by atoms with Gasteiger partial charge in [0.2, 0.25) is 0 Å². The van der Waals surface area contributed by atoms with Gasteiger partial charge in [0.15, 0.2) is 5.69 Å². The zero-order chi connectivity index (χ0) is 12.8. The molecule has 17 heavy (non-hydrogen) atoms. The second-order valence-corrected chi connectivity index (χ2v) is 3.69. The second-order valence-electron chi connectivity index (χ2n) is 3.34. The highest BCUT2D eigenvalue weighted by Gasteiger charge is 2.40. The van der Waals surface area contributed by atoms with Crippen molar-refractivity contribution in [1.82, 2.24) is 20.0 Å². The first-order chi connectivity index (χ1) is 7.82. The van der Waals surface area contributed by atoms with Gasteiger partial charge in [-0.25, -0.2) is 0 Å². The number of anilines is 1. The first-order valence-electron chi connectivity index (χ1n) is 4.41. The summed E-state index contributed by atoms with van der Waals surface area (Å²) in [5.41, 5.74) is 4.20. The van der Waals surface area contributed by atoms with Gasteiger partial charge in [-0.1, -0.05) is 11.6 Å². The van der Waals surface area contributed by atoms with E-state index in [0.29, 0.717) is 0 Å². The summed E-state index contributed by atoms with van der Waals surface area (Å²) in [6, 6.07) is 0. The third kappa shape index (κ3) is 1.84. The second kappa shape index (κ2) is 3.66. The number of alkyl halides is 3. The SMILES string of the molecule is Cn1nc(C(F)(F)F)c(-c2[nH]ncc2N)c1Cl. The summed E-state index contributed by atoms with van der Waals surface area (Å²) in [4.78, 5) is 0. The zero-order valence-corrected chi connectivity index (χ0v) is 9.26. The molecule has 0 unspecified atom stereocenters. The van der Waals surface area contributed by atoms with Gasteiger partial charge in [-0.05, 0) is 0 Å². The molecule has 0 aliphatic rings. The predicted molar refractivity (Wildman–Crippen MR) is 55.2 cm³/mol. The van der Waals surface area contributed by atoms with Gasteiger partial charge in [-0.15, -0.1) is 0 Å². The molecule has 0 saturated carbocycles. The number of nitrogens with zero attached hydrogens (tertiary/aromatic N) is 3. The number of hydrogen-bond acceptors (Lipinski definition) is 3. The molecule has 0 radical (unpaired) electrons. The summed E-state index contributed by atoms with van der Waals surface area (Å²) >= 11 is 5.78. The molecule has 0 atom stereocenters. The molecular formula is C8H7ClF3N5. The quantitative estimate of drug-likeness (QED) is 0.829. The third-order valence-electron chi connectivity index (χ3n) is 2.16. The molecule has 0 amide bonds. The lowest BCUT2D eigenvalue weighted by molar-refractivity contribution is -0.141. The van der Waals surface area contributed by atoms with Crippen molar-refractivity contribution in [3.05, 3.63) is 17.0 Å². The first kappa shape index (κ1) is 11.8. The van der Waals surface area contributed by atoms with E-state index in [9.17, 15) is 13.2 Å². The first-order valence-corrected chi connectivity index (χ1v) is 4.79. The lowest BCUT2D eigenvalue weighted by Gasteiger charge is -2.05. The Kier molecular flexibility index (Phi) is 2.53. The van der Waals surface area contributed by atoms with E-state index in [1.54, 1.807) is 0 Å². The Morgan fingerprint density at radius 2 is 2.12 bits per heavy atom. The van der Waals surface area contributed by atoms with Crippen LogP contribution in [0.4, 0.5) is 18.9 Å². The fourth-order valence-corrected chi connectivity index (χ4v) is 1.64. The van der Waals surface area contributed by atoms with Crippen LogP contribution in [0.25, 0.3) is 11.3 Å². The molecule has 92 valence electrons. The highest BCUT2D eigenvalue weighted by molar-refractivity contribution is 6.32. The van der Waals surface area contributed by atoms with E-state index < -0.39 is 11.9 Å². The number of nitrogens with one attached hydrogen (secondary N) is 1. The minimum Gasteiger partial charge on any atom is -0.396 e. The van der Waals surface area contributed by atoms with Crippen LogP contribution < -0.4 is 5.73 Å². The number of aryl methyl sites for hydroxylation is 1. The van der Waals surface area contributed by atoms with E-state index in [1.807, 2.05) is 0 Å². The Bertz CT molecular complexity index is 556. The number of aromatic nitrogens is 4. The standard InChI is InChI=1S/C8H7ClF3N5/c1-17-7(9)4(5-3(13)2-14-15-5)6(16-17)8(10,11)12/h2H,13H2,1H3,(H,14,15). The summed E-state index contributed by atoms with van der Waals surface area (Å²) < 4.78 is 39.2. The van der Waals surface area contributed by atoms with Gasteiger partial charge in [0.05, 0.1) is 23.1 Å². The number of aromatic amines is 1. The average Bonchev–Trinajstić information content (AvgIpc) is 2.72. The summed E-state index contributed by atoms with van der Waals surface area (Å²) in [6.45, 7) is 0. The number of nitrogens with two attached hydrogens (primary N) is 1. The molecular weight excluding hydrogens is 259 g/mol. The van der Waals surface area contributed by atoms with Crippen LogP contribution in [-0.2, 0) is 13.2 Å². The van der Waals surface area contributed by atoms with Crippen molar-refractivity contribution in [2.45, 2.75) is 6.18 Å². The third-order valence-corrected chi connectivity index (χ3v) is 2.60. The van der Waals surface area contributed by atoms with E-state index >= 15 is 0 Å². The van der Waals surface area contributed by atoms with Crippen molar-refractivity contribution < 1.29 is 13.2 Å². The monoisotopic (exact) mass is 265 g/mol. The molecule has 0 saturated heterocycles. The fraction of sp³-hybridized carbons (Fsp3) is 0.250. The lowest BCUT2D eigenvalue weighted by atomic mass is 10.1. The topological polar surface area (TPSA) is 72.5 Å². The number of H-pyrrole nitrogens is 1. The molecule has 2 aromatic rings. The van der Waals surface area contributed by atoms with Gasteiger partial charge in [0, 0.05) is 7.05 Å².